The van der Waals surface area contributed by atoms with Crippen molar-refractivity contribution in [2.45, 2.75) is 44.1 Å². The SMILES string of the molecule is C=CCOC[C@@H]1CC[C@@H]2[C@@H](CCN2Cc2nccs2)O1. The van der Waals surface area contributed by atoms with Crippen LogP contribution in [0, 0.1) is 0 Å². The molecule has 20 heavy (non-hydrogen) atoms. The normalized spacial score (nSPS) is 30.3. The van der Waals surface area contributed by atoms with E-state index in [1.54, 1.807) is 17.4 Å². The van der Waals surface area contributed by atoms with Crippen molar-refractivity contribution in [2.75, 3.05) is 19.8 Å². The average molecular weight is 294 g/mol. The molecule has 0 aliphatic carbocycles. The molecule has 4 nitrogen and oxygen atoms in total. The van der Waals surface area contributed by atoms with E-state index in [9.17, 15) is 0 Å². The first-order chi connectivity index (χ1) is 9.86. The predicted molar refractivity (Wildman–Crippen MR) is 79.8 cm³/mol. The fourth-order valence-corrected chi connectivity index (χ4v) is 3.83. The summed E-state index contributed by atoms with van der Waals surface area (Å²) in [6, 6.07) is 0.564. The number of nitrogens with zero attached hydrogens (tertiary/aromatic N) is 2. The number of rotatable bonds is 6. The van der Waals surface area contributed by atoms with Gasteiger partial charge >= 0.3 is 0 Å². The third-order valence-corrected chi connectivity index (χ3v) is 4.88. The number of hydrogen-bond acceptors (Lipinski definition) is 5. The summed E-state index contributed by atoms with van der Waals surface area (Å²) >= 11 is 1.74. The van der Waals surface area contributed by atoms with Gasteiger partial charge in [-0.3, -0.25) is 4.90 Å². The molecule has 2 aliphatic rings. The molecule has 2 fully saturated rings. The zero-order chi connectivity index (χ0) is 13.8. The van der Waals surface area contributed by atoms with Gasteiger partial charge in [0.1, 0.15) is 5.01 Å². The van der Waals surface area contributed by atoms with Gasteiger partial charge in [-0.05, 0) is 19.3 Å². The molecule has 1 aromatic rings. The molecule has 0 radical (unpaired) electrons. The van der Waals surface area contributed by atoms with Gasteiger partial charge in [0.2, 0.25) is 0 Å². The van der Waals surface area contributed by atoms with Crippen LogP contribution in [0.2, 0.25) is 0 Å². The zero-order valence-electron chi connectivity index (χ0n) is 11.7. The van der Waals surface area contributed by atoms with E-state index >= 15 is 0 Å². The van der Waals surface area contributed by atoms with Crippen LogP contribution in [-0.2, 0) is 16.0 Å². The highest BCUT2D eigenvalue weighted by Gasteiger charge is 2.39. The van der Waals surface area contributed by atoms with Crippen LogP contribution in [0.1, 0.15) is 24.3 Å². The van der Waals surface area contributed by atoms with Gasteiger partial charge in [-0.1, -0.05) is 6.08 Å². The lowest BCUT2D eigenvalue weighted by atomic mass is 9.99. The summed E-state index contributed by atoms with van der Waals surface area (Å²) in [6.07, 6.45) is 7.74. The molecule has 3 rings (SSSR count). The lowest BCUT2D eigenvalue weighted by molar-refractivity contribution is -0.0971. The van der Waals surface area contributed by atoms with Crippen molar-refractivity contribution in [2.24, 2.45) is 0 Å². The summed E-state index contributed by atoms with van der Waals surface area (Å²) in [7, 11) is 0. The average Bonchev–Trinajstić information content (AvgIpc) is 3.10. The minimum atomic E-state index is 0.260. The van der Waals surface area contributed by atoms with E-state index in [0.29, 0.717) is 25.4 Å². The maximum Gasteiger partial charge on any atom is 0.107 e. The molecule has 2 saturated heterocycles. The minimum Gasteiger partial charge on any atom is -0.375 e. The second-order valence-corrected chi connectivity index (χ2v) is 6.43. The van der Waals surface area contributed by atoms with Crippen LogP contribution in [-0.4, -0.2) is 47.9 Å². The fourth-order valence-electron chi connectivity index (χ4n) is 3.19. The standard InChI is InChI=1S/C15H22N2O2S/c1-2-8-18-11-12-3-4-13-14(19-12)5-7-17(13)10-15-16-6-9-20-15/h2,6,9,12-14H,1,3-5,7-8,10-11H2/t12-,13+,14+/m0/s1. The van der Waals surface area contributed by atoms with Crippen molar-refractivity contribution >= 4 is 11.3 Å². The van der Waals surface area contributed by atoms with Gasteiger partial charge in [-0.2, -0.15) is 0 Å². The Balaban J connectivity index is 1.50. The molecule has 0 amide bonds. The van der Waals surface area contributed by atoms with E-state index in [4.69, 9.17) is 9.47 Å². The molecule has 110 valence electrons. The highest BCUT2D eigenvalue weighted by atomic mass is 32.1. The van der Waals surface area contributed by atoms with Gasteiger partial charge in [0.25, 0.3) is 0 Å². The van der Waals surface area contributed by atoms with Crippen molar-refractivity contribution in [3.63, 3.8) is 0 Å². The van der Waals surface area contributed by atoms with Gasteiger partial charge in [0.15, 0.2) is 0 Å². The van der Waals surface area contributed by atoms with E-state index in [0.717, 1.165) is 25.9 Å². The third kappa shape index (κ3) is 3.28. The molecule has 0 unspecified atom stereocenters. The fraction of sp³-hybridized carbons (Fsp3) is 0.667. The Hall–Kier alpha value is -0.750. The Kier molecular flexibility index (Phi) is 4.83. The first kappa shape index (κ1) is 14.2. The Labute approximate surface area is 124 Å². The molecule has 0 aromatic carbocycles. The van der Waals surface area contributed by atoms with Gasteiger partial charge < -0.3 is 9.47 Å². The maximum atomic E-state index is 6.19. The van der Waals surface area contributed by atoms with Crippen molar-refractivity contribution < 1.29 is 9.47 Å². The van der Waals surface area contributed by atoms with Gasteiger partial charge in [0.05, 0.1) is 32.0 Å². The third-order valence-electron chi connectivity index (χ3n) is 4.11. The number of hydrogen-bond donors (Lipinski definition) is 0. The molecule has 5 heteroatoms. The summed E-state index contributed by atoms with van der Waals surface area (Å²) in [5, 5.41) is 3.26. The Morgan fingerprint density at radius 2 is 2.45 bits per heavy atom. The van der Waals surface area contributed by atoms with Crippen LogP contribution in [0.4, 0.5) is 0 Å². The predicted octanol–water partition coefficient (Wildman–Crippen LogP) is 2.47. The first-order valence-electron chi connectivity index (χ1n) is 7.33. The lowest BCUT2D eigenvalue weighted by Crippen LogP contribution is -2.43. The largest absolute Gasteiger partial charge is 0.375 e. The molecule has 0 spiro atoms. The van der Waals surface area contributed by atoms with Crippen LogP contribution >= 0.6 is 11.3 Å². The highest BCUT2D eigenvalue weighted by Crippen LogP contribution is 2.32. The zero-order valence-corrected chi connectivity index (χ0v) is 12.6. The molecular weight excluding hydrogens is 272 g/mol. The van der Waals surface area contributed by atoms with E-state index in [2.05, 4.69) is 16.5 Å². The first-order valence-corrected chi connectivity index (χ1v) is 8.21. The molecule has 0 saturated carbocycles. The molecule has 1 aromatic heterocycles. The maximum absolute atomic E-state index is 6.19. The van der Waals surface area contributed by atoms with Crippen LogP contribution < -0.4 is 0 Å². The van der Waals surface area contributed by atoms with Gasteiger partial charge in [-0.15, -0.1) is 17.9 Å². The Bertz CT molecular complexity index is 424. The molecule has 3 atom stereocenters. The topological polar surface area (TPSA) is 34.6 Å². The van der Waals surface area contributed by atoms with Crippen molar-refractivity contribution in [3.05, 3.63) is 29.2 Å². The highest BCUT2D eigenvalue weighted by molar-refractivity contribution is 7.09. The Morgan fingerprint density at radius 3 is 3.25 bits per heavy atom. The van der Waals surface area contributed by atoms with Crippen molar-refractivity contribution in [1.82, 2.24) is 9.88 Å². The summed E-state index contributed by atoms with van der Waals surface area (Å²) in [5.41, 5.74) is 0. The molecule has 0 N–H and O–H groups in total. The molecule has 2 aliphatic heterocycles. The van der Waals surface area contributed by atoms with Crippen molar-refractivity contribution in [1.29, 1.82) is 0 Å². The van der Waals surface area contributed by atoms with E-state index in [-0.39, 0.29) is 6.10 Å². The number of thiazole rings is 1. The summed E-state index contributed by atoms with van der Waals surface area (Å²) < 4.78 is 11.7. The van der Waals surface area contributed by atoms with Crippen molar-refractivity contribution in [3.8, 4) is 0 Å². The minimum absolute atomic E-state index is 0.260. The summed E-state index contributed by atoms with van der Waals surface area (Å²) in [5.74, 6) is 0. The lowest BCUT2D eigenvalue weighted by Gasteiger charge is -2.35. The van der Waals surface area contributed by atoms with Crippen LogP contribution in [0.25, 0.3) is 0 Å². The van der Waals surface area contributed by atoms with E-state index < -0.39 is 0 Å². The van der Waals surface area contributed by atoms with Gasteiger partial charge in [-0.25, -0.2) is 4.98 Å². The Morgan fingerprint density at radius 1 is 1.50 bits per heavy atom. The summed E-state index contributed by atoms with van der Waals surface area (Å²) in [6.45, 7) is 7.07. The molecule has 0 bridgehead atoms. The van der Waals surface area contributed by atoms with Crippen LogP contribution in [0.3, 0.4) is 0 Å². The second kappa shape index (κ2) is 6.80. The quantitative estimate of drug-likeness (QED) is 0.596. The van der Waals surface area contributed by atoms with Crippen LogP contribution in [0.15, 0.2) is 24.2 Å². The number of fused-ring (bicyclic) bond motifs is 1. The second-order valence-electron chi connectivity index (χ2n) is 5.45. The molecular formula is C15H22N2O2S. The molecule has 3 heterocycles. The smallest absolute Gasteiger partial charge is 0.107 e. The number of likely N-dealkylation sites (tertiary alicyclic amines) is 1. The van der Waals surface area contributed by atoms with Crippen LogP contribution in [0.5, 0.6) is 0 Å². The van der Waals surface area contributed by atoms with E-state index in [1.165, 1.54) is 11.4 Å². The number of aromatic nitrogens is 1. The van der Waals surface area contributed by atoms with E-state index in [1.807, 2.05) is 11.6 Å². The number of ether oxygens (including phenoxy) is 2. The van der Waals surface area contributed by atoms with Gasteiger partial charge in [0, 0.05) is 24.2 Å². The summed E-state index contributed by atoms with van der Waals surface area (Å²) in [4.78, 5) is 6.92. The monoisotopic (exact) mass is 294 g/mol.